The monoisotopic (exact) mass is 356 g/mol. The van der Waals surface area contributed by atoms with Gasteiger partial charge in [-0.2, -0.15) is 0 Å². The van der Waals surface area contributed by atoms with Crippen molar-refractivity contribution in [3.05, 3.63) is 0 Å². The molecule has 0 spiro atoms. The quantitative estimate of drug-likeness (QED) is 0.551. The third-order valence-electron chi connectivity index (χ3n) is 11.1. The Morgan fingerprint density at radius 1 is 0.962 bits per heavy atom. The molecule has 0 amide bonds. The van der Waals surface area contributed by atoms with Crippen LogP contribution in [0.3, 0.4) is 0 Å². The molecule has 1 heteroatoms. The molecule has 0 aromatic heterocycles. The minimum absolute atomic E-state index is 0.641. The Morgan fingerprint density at radius 3 is 2.54 bits per heavy atom. The third-order valence-corrected chi connectivity index (χ3v) is 11.1. The maximum atomic E-state index is 5.70. The van der Waals surface area contributed by atoms with Crippen LogP contribution in [0.15, 0.2) is 0 Å². The summed E-state index contributed by atoms with van der Waals surface area (Å²) in [5, 5.41) is 0. The molecule has 0 aromatic rings. The summed E-state index contributed by atoms with van der Waals surface area (Å²) < 4.78 is 5.70. The highest BCUT2D eigenvalue weighted by Crippen LogP contribution is 2.77. The summed E-state index contributed by atoms with van der Waals surface area (Å²) in [6.45, 7) is 8.83. The summed E-state index contributed by atoms with van der Waals surface area (Å²) in [5.74, 6) is 10.7. The number of rotatable bonds is 3. The Labute approximate surface area is 161 Å². The largest absolute Gasteiger partial charge is 0.373 e. The molecule has 0 aromatic carbocycles. The molecule has 5 saturated carbocycles. The van der Waals surface area contributed by atoms with Gasteiger partial charge in [0.05, 0.1) is 12.7 Å². The summed E-state index contributed by atoms with van der Waals surface area (Å²) in [6.07, 6.45) is 14.5. The SMILES string of the molecule is CC[C@H]1CCC2C(CCC3C2CCC2(C)C(CC4CO4)C4C(C)C4C32)C1. The van der Waals surface area contributed by atoms with Gasteiger partial charge in [-0.3, -0.25) is 0 Å². The molecule has 0 N–H and O–H groups in total. The van der Waals surface area contributed by atoms with Crippen molar-refractivity contribution in [1.82, 2.24) is 0 Å². The summed E-state index contributed by atoms with van der Waals surface area (Å²) in [5.41, 5.74) is 0.669. The Hall–Kier alpha value is -0.0400. The molecule has 146 valence electrons. The molecule has 1 heterocycles. The van der Waals surface area contributed by atoms with Crippen LogP contribution in [-0.2, 0) is 4.74 Å². The Bertz CT molecular complexity index is 567. The van der Waals surface area contributed by atoms with E-state index in [1.807, 2.05) is 0 Å². The molecule has 11 unspecified atom stereocenters. The molecular formula is C25H40O. The van der Waals surface area contributed by atoms with E-state index in [-0.39, 0.29) is 0 Å². The predicted molar refractivity (Wildman–Crippen MR) is 106 cm³/mol. The molecule has 12 atom stereocenters. The van der Waals surface area contributed by atoms with Crippen molar-refractivity contribution in [3.63, 3.8) is 0 Å². The number of epoxide rings is 1. The minimum Gasteiger partial charge on any atom is -0.373 e. The minimum atomic E-state index is 0.641. The fraction of sp³-hybridized carbons (Fsp3) is 1.00. The van der Waals surface area contributed by atoms with Crippen LogP contribution < -0.4 is 0 Å². The van der Waals surface area contributed by atoms with Crippen LogP contribution in [0.5, 0.6) is 0 Å². The van der Waals surface area contributed by atoms with E-state index in [2.05, 4.69) is 20.8 Å². The summed E-state index contributed by atoms with van der Waals surface area (Å²) in [6, 6.07) is 0. The Balaban J connectivity index is 1.26. The molecule has 6 fully saturated rings. The van der Waals surface area contributed by atoms with E-state index in [4.69, 9.17) is 4.74 Å². The lowest BCUT2D eigenvalue weighted by atomic mass is 9.47. The first-order valence-corrected chi connectivity index (χ1v) is 12.2. The third kappa shape index (κ3) is 2.25. The molecule has 1 saturated heterocycles. The normalized spacial score (nSPS) is 62.7. The summed E-state index contributed by atoms with van der Waals surface area (Å²) in [7, 11) is 0. The number of ether oxygens (including phenoxy) is 1. The molecule has 0 radical (unpaired) electrons. The topological polar surface area (TPSA) is 12.5 Å². The standard InChI is InChI=1S/C25H40O/c1-4-15-5-7-18-16(11-15)6-8-20-19(18)9-10-25(3)21(12-17-13-26-17)22-14(2)23(22)24(20)25/h14-24H,4-13H2,1-3H3/t14?,15-,16?,17?,18?,19?,20?,21?,22?,23?,24?,25?/m0/s1. The molecule has 5 aliphatic carbocycles. The zero-order chi connectivity index (χ0) is 17.6. The second-order valence-corrected chi connectivity index (χ2v) is 11.8. The molecule has 0 bridgehead atoms. The van der Waals surface area contributed by atoms with E-state index in [1.54, 1.807) is 44.9 Å². The summed E-state index contributed by atoms with van der Waals surface area (Å²) in [4.78, 5) is 0. The van der Waals surface area contributed by atoms with Crippen LogP contribution in [0.2, 0.25) is 0 Å². The van der Waals surface area contributed by atoms with Crippen LogP contribution in [-0.4, -0.2) is 12.7 Å². The average molecular weight is 357 g/mol. The highest BCUT2D eigenvalue weighted by Gasteiger charge is 2.72. The van der Waals surface area contributed by atoms with Crippen molar-refractivity contribution in [2.24, 2.45) is 64.6 Å². The number of fused-ring (bicyclic) bond motifs is 7. The zero-order valence-corrected chi connectivity index (χ0v) is 17.3. The van der Waals surface area contributed by atoms with Gasteiger partial charge in [-0.25, -0.2) is 0 Å². The maximum Gasteiger partial charge on any atom is 0.0812 e. The van der Waals surface area contributed by atoms with E-state index >= 15 is 0 Å². The van der Waals surface area contributed by atoms with E-state index in [9.17, 15) is 0 Å². The van der Waals surface area contributed by atoms with Crippen molar-refractivity contribution in [3.8, 4) is 0 Å². The van der Waals surface area contributed by atoms with Crippen molar-refractivity contribution in [2.75, 3.05) is 6.61 Å². The van der Waals surface area contributed by atoms with Crippen LogP contribution in [0.25, 0.3) is 0 Å². The van der Waals surface area contributed by atoms with Crippen molar-refractivity contribution >= 4 is 0 Å². The average Bonchev–Trinajstić information content (AvgIpc) is 3.55. The fourth-order valence-corrected chi connectivity index (χ4v) is 9.83. The highest BCUT2D eigenvalue weighted by molar-refractivity contribution is 5.20. The van der Waals surface area contributed by atoms with Gasteiger partial charge in [0.25, 0.3) is 0 Å². The lowest BCUT2D eigenvalue weighted by Crippen LogP contribution is -2.50. The Morgan fingerprint density at radius 2 is 1.77 bits per heavy atom. The highest BCUT2D eigenvalue weighted by atomic mass is 16.6. The van der Waals surface area contributed by atoms with Crippen LogP contribution in [0.4, 0.5) is 0 Å². The second-order valence-electron chi connectivity index (χ2n) is 11.8. The fourth-order valence-electron chi connectivity index (χ4n) is 9.83. The first kappa shape index (κ1) is 16.9. The van der Waals surface area contributed by atoms with Crippen molar-refractivity contribution in [2.45, 2.75) is 84.7 Å². The molecule has 26 heavy (non-hydrogen) atoms. The molecule has 1 aliphatic heterocycles. The van der Waals surface area contributed by atoms with Gasteiger partial charge in [0.2, 0.25) is 0 Å². The molecule has 1 nitrogen and oxygen atoms in total. The zero-order valence-electron chi connectivity index (χ0n) is 17.3. The maximum absolute atomic E-state index is 5.70. The molecular weight excluding hydrogens is 316 g/mol. The van der Waals surface area contributed by atoms with Crippen LogP contribution in [0, 0.1) is 64.6 Å². The number of hydrogen-bond donors (Lipinski definition) is 0. The molecule has 6 aliphatic rings. The van der Waals surface area contributed by atoms with Gasteiger partial charge in [-0.15, -0.1) is 0 Å². The van der Waals surface area contributed by atoms with Gasteiger partial charge in [0.15, 0.2) is 0 Å². The van der Waals surface area contributed by atoms with Crippen molar-refractivity contribution < 1.29 is 4.74 Å². The first-order chi connectivity index (χ1) is 12.6. The Kier molecular flexibility index (Phi) is 3.73. The lowest BCUT2D eigenvalue weighted by molar-refractivity contribution is -0.0857. The van der Waals surface area contributed by atoms with Gasteiger partial charge >= 0.3 is 0 Å². The van der Waals surface area contributed by atoms with Gasteiger partial charge in [-0.05, 0) is 110 Å². The van der Waals surface area contributed by atoms with Gasteiger partial charge < -0.3 is 4.74 Å². The van der Waals surface area contributed by atoms with Crippen molar-refractivity contribution in [1.29, 1.82) is 0 Å². The van der Waals surface area contributed by atoms with E-state index < -0.39 is 0 Å². The predicted octanol–water partition coefficient (Wildman–Crippen LogP) is 6.17. The summed E-state index contributed by atoms with van der Waals surface area (Å²) >= 11 is 0. The first-order valence-electron chi connectivity index (χ1n) is 12.2. The van der Waals surface area contributed by atoms with Crippen LogP contribution in [0.1, 0.15) is 78.6 Å². The van der Waals surface area contributed by atoms with Gasteiger partial charge in [-0.1, -0.05) is 33.6 Å². The van der Waals surface area contributed by atoms with Gasteiger partial charge in [0, 0.05) is 0 Å². The van der Waals surface area contributed by atoms with E-state index in [1.165, 1.54) is 12.8 Å². The van der Waals surface area contributed by atoms with Crippen LogP contribution >= 0.6 is 0 Å². The smallest absolute Gasteiger partial charge is 0.0812 e. The number of hydrogen-bond acceptors (Lipinski definition) is 1. The lowest BCUT2D eigenvalue weighted by Gasteiger charge is -2.57. The second kappa shape index (κ2) is 5.74. The van der Waals surface area contributed by atoms with E-state index in [0.717, 1.165) is 65.8 Å². The van der Waals surface area contributed by atoms with Gasteiger partial charge in [0.1, 0.15) is 0 Å². The van der Waals surface area contributed by atoms with E-state index in [0.29, 0.717) is 11.5 Å². The molecule has 6 rings (SSSR count).